The minimum Gasteiger partial charge on any atom is -0.450 e. The molecule has 0 aliphatic rings. The Morgan fingerprint density at radius 2 is 1.91 bits per heavy atom. The Hall–Kier alpha value is -3.28. The standard InChI is InChI=1S/C16H11N5O/c1-2-4-13-12(3-1)14-15(22-13)16(19-10-18-14)21-20-9-11-5-7-17-8-6-11/h1-10H,(H,18,19,21)/b20-9-. The van der Waals surface area contributed by atoms with E-state index in [-0.39, 0.29) is 0 Å². The zero-order valence-electron chi connectivity index (χ0n) is 11.5. The lowest BCUT2D eigenvalue weighted by Crippen LogP contribution is -1.94. The number of hydrogen-bond acceptors (Lipinski definition) is 6. The predicted molar refractivity (Wildman–Crippen MR) is 84.8 cm³/mol. The van der Waals surface area contributed by atoms with Crippen LogP contribution in [-0.4, -0.2) is 21.2 Å². The molecule has 0 aliphatic heterocycles. The molecule has 0 amide bonds. The van der Waals surface area contributed by atoms with Crippen molar-refractivity contribution >= 4 is 34.1 Å². The summed E-state index contributed by atoms with van der Waals surface area (Å²) in [5.41, 5.74) is 5.98. The lowest BCUT2D eigenvalue weighted by atomic mass is 10.2. The van der Waals surface area contributed by atoms with Crippen molar-refractivity contribution < 1.29 is 4.42 Å². The van der Waals surface area contributed by atoms with Gasteiger partial charge in [0.15, 0.2) is 11.4 Å². The smallest absolute Gasteiger partial charge is 0.197 e. The van der Waals surface area contributed by atoms with Crippen molar-refractivity contribution in [1.82, 2.24) is 15.0 Å². The molecule has 22 heavy (non-hydrogen) atoms. The summed E-state index contributed by atoms with van der Waals surface area (Å²) in [6.45, 7) is 0. The number of para-hydroxylation sites is 1. The number of furan rings is 1. The van der Waals surface area contributed by atoms with Crippen LogP contribution in [0, 0.1) is 0 Å². The van der Waals surface area contributed by atoms with E-state index in [4.69, 9.17) is 4.42 Å². The summed E-state index contributed by atoms with van der Waals surface area (Å²) in [6.07, 6.45) is 6.61. The first-order valence-electron chi connectivity index (χ1n) is 6.73. The van der Waals surface area contributed by atoms with E-state index in [1.54, 1.807) is 18.6 Å². The molecule has 4 rings (SSSR count). The lowest BCUT2D eigenvalue weighted by molar-refractivity contribution is 0.667. The Labute approximate surface area is 125 Å². The number of nitrogens with one attached hydrogen (secondary N) is 1. The van der Waals surface area contributed by atoms with Crippen LogP contribution in [0.25, 0.3) is 22.1 Å². The number of rotatable bonds is 3. The molecule has 1 N–H and O–H groups in total. The number of aromatic nitrogens is 3. The molecule has 4 aromatic rings. The van der Waals surface area contributed by atoms with Crippen molar-refractivity contribution in [3.8, 4) is 0 Å². The fourth-order valence-corrected chi connectivity index (χ4v) is 2.22. The van der Waals surface area contributed by atoms with Crippen LogP contribution in [0.3, 0.4) is 0 Å². The predicted octanol–water partition coefficient (Wildman–Crippen LogP) is 3.22. The lowest BCUT2D eigenvalue weighted by Gasteiger charge is -1.98. The van der Waals surface area contributed by atoms with Gasteiger partial charge in [0.25, 0.3) is 0 Å². The molecule has 0 unspecified atom stereocenters. The molecule has 0 spiro atoms. The molecule has 0 atom stereocenters. The van der Waals surface area contributed by atoms with Crippen LogP contribution in [0.5, 0.6) is 0 Å². The maximum Gasteiger partial charge on any atom is 0.197 e. The zero-order chi connectivity index (χ0) is 14.8. The Kier molecular flexibility index (Phi) is 2.97. The Balaban J connectivity index is 1.71. The van der Waals surface area contributed by atoms with Crippen molar-refractivity contribution in [2.75, 3.05) is 5.43 Å². The molecule has 0 aliphatic carbocycles. The van der Waals surface area contributed by atoms with E-state index in [2.05, 4.69) is 25.5 Å². The second-order valence-corrected chi connectivity index (χ2v) is 4.65. The Morgan fingerprint density at radius 1 is 1.05 bits per heavy atom. The van der Waals surface area contributed by atoms with Crippen LogP contribution in [0.15, 0.2) is 64.6 Å². The van der Waals surface area contributed by atoms with E-state index in [9.17, 15) is 0 Å². The highest BCUT2D eigenvalue weighted by atomic mass is 16.3. The highest BCUT2D eigenvalue weighted by Crippen LogP contribution is 2.30. The van der Waals surface area contributed by atoms with Crippen molar-refractivity contribution in [3.05, 3.63) is 60.7 Å². The zero-order valence-corrected chi connectivity index (χ0v) is 11.5. The summed E-state index contributed by atoms with van der Waals surface area (Å²) in [5.74, 6) is 0.534. The number of hydrogen-bond donors (Lipinski definition) is 1. The maximum absolute atomic E-state index is 5.81. The second kappa shape index (κ2) is 5.25. The van der Waals surface area contributed by atoms with Crippen LogP contribution >= 0.6 is 0 Å². The van der Waals surface area contributed by atoms with Gasteiger partial charge in [0.05, 0.1) is 6.21 Å². The first-order chi connectivity index (χ1) is 10.9. The number of pyridine rings is 1. The first-order valence-corrected chi connectivity index (χ1v) is 6.73. The monoisotopic (exact) mass is 289 g/mol. The number of anilines is 1. The fraction of sp³-hybridized carbons (Fsp3) is 0. The first kappa shape index (κ1) is 12.5. The Bertz CT molecular complexity index is 962. The fourth-order valence-electron chi connectivity index (χ4n) is 2.22. The van der Waals surface area contributed by atoms with Gasteiger partial charge in [-0.25, -0.2) is 9.97 Å². The van der Waals surface area contributed by atoms with Crippen molar-refractivity contribution in [2.24, 2.45) is 5.10 Å². The van der Waals surface area contributed by atoms with Gasteiger partial charge in [0.2, 0.25) is 0 Å². The molecule has 0 saturated heterocycles. The van der Waals surface area contributed by atoms with Gasteiger partial charge < -0.3 is 4.42 Å². The average Bonchev–Trinajstić information content (AvgIpc) is 2.96. The van der Waals surface area contributed by atoms with Gasteiger partial charge in [-0.1, -0.05) is 12.1 Å². The Morgan fingerprint density at radius 3 is 2.82 bits per heavy atom. The molecule has 0 saturated carbocycles. The summed E-state index contributed by atoms with van der Waals surface area (Å²) in [4.78, 5) is 12.4. The van der Waals surface area contributed by atoms with Crippen LogP contribution in [-0.2, 0) is 0 Å². The molecule has 3 aromatic heterocycles. The second-order valence-electron chi connectivity index (χ2n) is 4.65. The van der Waals surface area contributed by atoms with E-state index >= 15 is 0 Å². The van der Waals surface area contributed by atoms with Crippen LogP contribution < -0.4 is 5.43 Å². The molecular formula is C16H11N5O. The molecule has 106 valence electrons. The number of nitrogens with zero attached hydrogens (tertiary/aromatic N) is 4. The third kappa shape index (κ3) is 2.16. The average molecular weight is 289 g/mol. The van der Waals surface area contributed by atoms with E-state index in [1.165, 1.54) is 6.33 Å². The third-order valence-electron chi connectivity index (χ3n) is 3.25. The quantitative estimate of drug-likeness (QED) is 0.463. The molecule has 3 heterocycles. The summed E-state index contributed by atoms with van der Waals surface area (Å²) in [6, 6.07) is 11.5. The van der Waals surface area contributed by atoms with E-state index in [0.717, 1.165) is 22.0 Å². The number of hydrazone groups is 1. The van der Waals surface area contributed by atoms with Crippen LogP contribution in [0.4, 0.5) is 5.82 Å². The summed E-state index contributed by atoms with van der Waals surface area (Å²) >= 11 is 0. The molecule has 6 nitrogen and oxygen atoms in total. The molecule has 0 bridgehead atoms. The van der Waals surface area contributed by atoms with Crippen LogP contribution in [0.2, 0.25) is 0 Å². The summed E-state index contributed by atoms with van der Waals surface area (Å²) in [7, 11) is 0. The van der Waals surface area contributed by atoms with Gasteiger partial charge in [0.1, 0.15) is 17.4 Å². The minimum atomic E-state index is 0.534. The molecule has 0 radical (unpaired) electrons. The molecular weight excluding hydrogens is 278 g/mol. The van der Waals surface area contributed by atoms with E-state index < -0.39 is 0 Å². The normalized spacial score (nSPS) is 11.5. The van der Waals surface area contributed by atoms with Crippen LogP contribution in [0.1, 0.15) is 5.56 Å². The van der Waals surface area contributed by atoms with Crippen molar-refractivity contribution in [2.45, 2.75) is 0 Å². The van der Waals surface area contributed by atoms with Gasteiger partial charge >= 0.3 is 0 Å². The van der Waals surface area contributed by atoms with Gasteiger partial charge in [-0.2, -0.15) is 5.10 Å². The molecule has 6 heteroatoms. The topological polar surface area (TPSA) is 76.2 Å². The largest absolute Gasteiger partial charge is 0.450 e. The van der Waals surface area contributed by atoms with Gasteiger partial charge in [0, 0.05) is 17.8 Å². The van der Waals surface area contributed by atoms with Gasteiger partial charge in [-0.15, -0.1) is 0 Å². The van der Waals surface area contributed by atoms with Crippen molar-refractivity contribution in [3.63, 3.8) is 0 Å². The van der Waals surface area contributed by atoms with Gasteiger partial charge in [-0.05, 0) is 29.8 Å². The number of benzene rings is 1. The molecule has 1 aromatic carbocycles. The summed E-state index contributed by atoms with van der Waals surface area (Å²) in [5, 5.41) is 5.14. The highest BCUT2D eigenvalue weighted by Gasteiger charge is 2.11. The third-order valence-corrected chi connectivity index (χ3v) is 3.25. The van der Waals surface area contributed by atoms with Gasteiger partial charge in [-0.3, -0.25) is 10.4 Å². The minimum absolute atomic E-state index is 0.534. The highest BCUT2D eigenvalue weighted by molar-refractivity contribution is 6.05. The molecule has 0 fully saturated rings. The SMILES string of the molecule is C(=N/Nc1ncnc2c1oc1ccccc12)/c1ccncc1. The van der Waals surface area contributed by atoms with E-state index in [1.807, 2.05) is 36.4 Å². The summed E-state index contributed by atoms with van der Waals surface area (Å²) < 4.78 is 5.81. The van der Waals surface area contributed by atoms with Crippen molar-refractivity contribution in [1.29, 1.82) is 0 Å². The maximum atomic E-state index is 5.81. The number of fused-ring (bicyclic) bond motifs is 3. The van der Waals surface area contributed by atoms with E-state index in [0.29, 0.717) is 11.4 Å².